The lowest BCUT2D eigenvalue weighted by molar-refractivity contribution is 0.0504. The first kappa shape index (κ1) is 13.0. The highest BCUT2D eigenvalue weighted by Crippen LogP contribution is 2.08. The average Bonchev–Trinajstić information content (AvgIpc) is 1.96. The van der Waals surface area contributed by atoms with E-state index in [0.717, 1.165) is 0 Å². The van der Waals surface area contributed by atoms with Gasteiger partial charge in [-0.3, -0.25) is 0 Å². The molecule has 0 saturated heterocycles. The SMILES string of the molecule is C=C[C@H](NC(=O)OC(C)(C)C)C(C)C. The van der Waals surface area contributed by atoms with Crippen LogP contribution in [0.1, 0.15) is 34.6 Å². The maximum atomic E-state index is 11.4. The van der Waals surface area contributed by atoms with Crippen molar-refractivity contribution < 1.29 is 9.53 Å². The quantitative estimate of drug-likeness (QED) is 0.710. The van der Waals surface area contributed by atoms with E-state index < -0.39 is 11.7 Å². The molecule has 0 aromatic heterocycles. The molecule has 0 bridgehead atoms. The van der Waals surface area contributed by atoms with E-state index in [-0.39, 0.29) is 6.04 Å². The normalized spacial score (nSPS) is 13.6. The van der Waals surface area contributed by atoms with Crippen LogP contribution in [-0.4, -0.2) is 17.7 Å². The van der Waals surface area contributed by atoms with Gasteiger partial charge in [-0.05, 0) is 26.7 Å². The van der Waals surface area contributed by atoms with Crippen LogP contribution in [0.3, 0.4) is 0 Å². The standard InChI is InChI=1S/C11H21NO2/c1-7-9(8(2)3)12-10(13)14-11(4,5)6/h7-9H,1H2,2-6H3,(H,12,13)/t9-/m0/s1. The summed E-state index contributed by atoms with van der Waals surface area (Å²) in [6.07, 6.45) is 1.32. The van der Waals surface area contributed by atoms with Gasteiger partial charge in [0.05, 0.1) is 6.04 Å². The van der Waals surface area contributed by atoms with Crippen LogP contribution in [0.15, 0.2) is 12.7 Å². The van der Waals surface area contributed by atoms with Gasteiger partial charge < -0.3 is 10.1 Å². The van der Waals surface area contributed by atoms with Crippen molar-refractivity contribution in [1.82, 2.24) is 5.32 Å². The molecule has 0 aliphatic heterocycles. The number of carbonyl (C=O) groups is 1. The second kappa shape index (κ2) is 5.03. The van der Waals surface area contributed by atoms with E-state index in [9.17, 15) is 4.79 Å². The fourth-order valence-electron chi connectivity index (χ4n) is 0.941. The van der Waals surface area contributed by atoms with Crippen LogP contribution in [-0.2, 0) is 4.74 Å². The second-order valence-corrected chi connectivity index (χ2v) is 4.65. The molecule has 1 atom stereocenters. The van der Waals surface area contributed by atoms with E-state index in [4.69, 9.17) is 4.74 Å². The Morgan fingerprint density at radius 3 is 2.21 bits per heavy atom. The first-order chi connectivity index (χ1) is 6.26. The van der Waals surface area contributed by atoms with E-state index in [1.807, 2.05) is 34.6 Å². The van der Waals surface area contributed by atoms with Crippen LogP contribution in [0.25, 0.3) is 0 Å². The molecule has 0 aromatic carbocycles. The summed E-state index contributed by atoms with van der Waals surface area (Å²) >= 11 is 0. The molecule has 3 nitrogen and oxygen atoms in total. The molecule has 0 aliphatic rings. The number of nitrogens with one attached hydrogen (secondary N) is 1. The number of hydrogen-bond donors (Lipinski definition) is 1. The zero-order chi connectivity index (χ0) is 11.4. The molecular formula is C11H21NO2. The van der Waals surface area contributed by atoms with Gasteiger partial charge in [0.25, 0.3) is 0 Å². The van der Waals surface area contributed by atoms with Crippen molar-refractivity contribution >= 4 is 6.09 Å². The molecule has 0 heterocycles. The lowest BCUT2D eigenvalue weighted by Gasteiger charge is -2.23. The van der Waals surface area contributed by atoms with E-state index in [1.54, 1.807) is 6.08 Å². The largest absolute Gasteiger partial charge is 0.444 e. The first-order valence-electron chi connectivity index (χ1n) is 4.88. The lowest BCUT2D eigenvalue weighted by atomic mass is 10.1. The lowest BCUT2D eigenvalue weighted by Crippen LogP contribution is -2.40. The molecular weight excluding hydrogens is 178 g/mol. The molecule has 82 valence electrons. The minimum atomic E-state index is -0.452. The molecule has 1 N–H and O–H groups in total. The minimum Gasteiger partial charge on any atom is -0.444 e. The Labute approximate surface area is 86.5 Å². The second-order valence-electron chi connectivity index (χ2n) is 4.65. The van der Waals surface area contributed by atoms with Gasteiger partial charge in [-0.25, -0.2) is 4.79 Å². The highest BCUT2D eigenvalue weighted by atomic mass is 16.6. The van der Waals surface area contributed by atoms with Crippen molar-refractivity contribution in [2.45, 2.75) is 46.3 Å². The number of alkyl carbamates (subject to hydrolysis) is 1. The van der Waals surface area contributed by atoms with Gasteiger partial charge in [0.1, 0.15) is 5.60 Å². The number of ether oxygens (including phenoxy) is 1. The monoisotopic (exact) mass is 199 g/mol. The van der Waals surface area contributed by atoms with Gasteiger partial charge >= 0.3 is 6.09 Å². The third kappa shape index (κ3) is 5.62. The van der Waals surface area contributed by atoms with E-state index >= 15 is 0 Å². The third-order valence-electron chi connectivity index (χ3n) is 1.66. The summed E-state index contributed by atoms with van der Waals surface area (Å²) < 4.78 is 5.12. The Morgan fingerprint density at radius 1 is 1.43 bits per heavy atom. The Balaban J connectivity index is 4.11. The van der Waals surface area contributed by atoms with Gasteiger partial charge in [0.15, 0.2) is 0 Å². The van der Waals surface area contributed by atoms with Crippen molar-refractivity contribution in [3.05, 3.63) is 12.7 Å². The summed E-state index contributed by atoms with van der Waals surface area (Å²) in [5, 5.41) is 2.74. The summed E-state index contributed by atoms with van der Waals surface area (Å²) in [7, 11) is 0. The van der Waals surface area contributed by atoms with Crippen molar-refractivity contribution in [2.24, 2.45) is 5.92 Å². The molecule has 1 amide bonds. The van der Waals surface area contributed by atoms with Crippen LogP contribution >= 0.6 is 0 Å². The van der Waals surface area contributed by atoms with Crippen molar-refractivity contribution in [3.8, 4) is 0 Å². The molecule has 3 heteroatoms. The fourth-order valence-corrected chi connectivity index (χ4v) is 0.941. The molecule has 0 aliphatic carbocycles. The number of amides is 1. The van der Waals surface area contributed by atoms with E-state index in [1.165, 1.54) is 0 Å². The Kier molecular flexibility index (Phi) is 4.68. The summed E-state index contributed by atoms with van der Waals surface area (Å²) in [6, 6.07) is -0.0372. The van der Waals surface area contributed by atoms with Crippen molar-refractivity contribution in [3.63, 3.8) is 0 Å². The average molecular weight is 199 g/mol. The van der Waals surface area contributed by atoms with Crippen molar-refractivity contribution in [1.29, 1.82) is 0 Å². The predicted octanol–water partition coefficient (Wildman–Crippen LogP) is 2.72. The van der Waals surface area contributed by atoms with Crippen LogP contribution in [0.5, 0.6) is 0 Å². The molecule has 0 unspecified atom stereocenters. The topological polar surface area (TPSA) is 38.3 Å². The Bertz CT molecular complexity index is 204. The molecule has 0 fully saturated rings. The summed E-state index contributed by atoms with van der Waals surface area (Å²) in [5.74, 6) is 0.319. The zero-order valence-corrected chi connectivity index (χ0v) is 9.76. The van der Waals surface area contributed by atoms with Crippen LogP contribution in [0, 0.1) is 5.92 Å². The van der Waals surface area contributed by atoms with Gasteiger partial charge in [-0.1, -0.05) is 19.9 Å². The maximum Gasteiger partial charge on any atom is 0.408 e. The van der Waals surface area contributed by atoms with E-state index in [0.29, 0.717) is 5.92 Å². The molecule has 0 radical (unpaired) electrons. The van der Waals surface area contributed by atoms with Gasteiger partial charge in [-0.15, -0.1) is 6.58 Å². The maximum absolute atomic E-state index is 11.4. The molecule has 14 heavy (non-hydrogen) atoms. The third-order valence-corrected chi connectivity index (χ3v) is 1.66. The van der Waals surface area contributed by atoms with Crippen LogP contribution in [0.4, 0.5) is 4.79 Å². The minimum absolute atomic E-state index is 0.0372. The van der Waals surface area contributed by atoms with Gasteiger partial charge in [0, 0.05) is 0 Å². The van der Waals surface area contributed by atoms with Crippen LogP contribution < -0.4 is 5.32 Å². The summed E-state index contributed by atoms with van der Waals surface area (Å²) in [4.78, 5) is 11.4. The highest BCUT2D eigenvalue weighted by Gasteiger charge is 2.19. The van der Waals surface area contributed by atoms with Gasteiger partial charge in [0.2, 0.25) is 0 Å². The molecule has 0 rings (SSSR count). The van der Waals surface area contributed by atoms with Crippen LogP contribution in [0.2, 0.25) is 0 Å². The summed E-state index contributed by atoms with van der Waals surface area (Å²) in [5.41, 5.74) is -0.452. The summed E-state index contributed by atoms with van der Waals surface area (Å²) in [6.45, 7) is 13.2. The smallest absolute Gasteiger partial charge is 0.408 e. The predicted molar refractivity (Wildman–Crippen MR) is 58.2 cm³/mol. The van der Waals surface area contributed by atoms with E-state index in [2.05, 4.69) is 11.9 Å². The molecule has 0 saturated carbocycles. The Morgan fingerprint density at radius 2 is 1.93 bits per heavy atom. The first-order valence-corrected chi connectivity index (χ1v) is 4.88. The van der Waals surface area contributed by atoms with Gasteiger partial charge in [-0.2, -0.15) is 0 Å². The zero-order valence-electron chi connectivity index (χ0n) is 9.76. The number of hydrogen-bond acceptors (Lipinski definition) is 2. The van der Waals surface area contributed by atoms with Crippen molar-refractivity contribution in [2.75, 3.05) is 0 Å². The Hall–Kier alpha value is -0.990. The number of carbonyl (C=O) groups excluding carboxylic acids is 1. The molecule has 0 aromatic rings. The highest BCUT2D eigenvalue weighted by molar-refractivity contribution is 5.68. The number of rotatable bonds is 3. The molecule has 0 spiro atoms. The fraction of sp³-hybridized carbons (Fsp3) is 0.727.